The van der Waals surface area contributed by atoms with Crippen LogP contribution in [0.2, 0.25) is 0 Å². The van der Waals surface area contributed by atoms with Crippen LogP contribution in [0.4, 0.5) is 0 Å². The van der Waals surface area contributed by atoms with Crippen molar-refractivity contribution in [3.05, 3.63) is 42.5 Å². The fourth-order valence-corrected chi connectivity index (χ4v) is 2.24. The van der Waals surface area contributed by atoms with Crippen molar-refractivity contribution in [1.82, 2.24) is 24.5 Å². The second-order valence-electron chi connectivity index (χ2n) is 3.97. The Balaban J connectivity index is 1.94. The van der Waals surface area contributed by atoms with E-state index in [0.717, 1.165) is 29.9 Å². The van der Waals surface area contributed by atoms with E-state index < -0.39 is 0 Å². The van der Waals surface area contributed by atoms with E-state index in [9.17, 15) is 0 Å². The molecule has 0 unspecified atom stereocenters. The second kappa shape index (κ2) is 4.78. The van der Waals surface area contributed by atoms with Gasteiger partial charge in [0.1, 0.15) is 5.82 Å². The van der Waals surface area contributed by atoms with Crippen LogP contribution in [-0.2, 0) is 19.0 Å². The molecule has 0 bridgehead atoms. The minimum Gasteiger partial charge on any atom is -0.325 e. The van der Waals surface area contributed by atoms with E-state index >= 15 is 0 Å². The summed E-state index contributed by atoms with van der Waals surface area (Å²) < 4.78 is 3.93. The number of halogens is 1. The molecule has 2 aromatic heterocycles. The highest BCUT2D eigenvalue weighted by atomic mass is 35.5. The minimum absolute atomic E-state index is 0.409. The summed E-state index contributed by atoms with van der Waals surface area (Å²) in [5.74, 6) is 1.30. The Kier molecular flexibility index (Phi) is 2.98. The molecule has 0 fully saturated rings. The number of hydrogen-bond acceptors (Lipinski definition) is 3. The molecule has 2 heterocycles. The fraction of sp³-hybridized carbons (Fsp3) is 0.250. The lowest BCUT2D eigenvalue weighted by atomic mass is 10.3. The molecule has 3 rings (SSSR count). The molecule has 0 aliphatic carbocycles. The summed E-state index contributed by atoms with van der Waals surface area (Å²) in [6.45, 7) is 1.54. The lowest BCUT2D eigenvalue weighted by molar-refractivity contribution is 0.519. The molecular weight excluding hydrogens is 250 g/mol. The van der Waals surface area contributed by atoms with Crippen molar-refractivity contribution in [2.45, 2.75) is 19.0 Å². The Morgan fingerprint density at radius 1 is 1.17 bits per heavy atom. The predicted octanol–water partition coefficient (Wildman–Crippen LogP) is 2.07. The number of benzene rings is 1. The summed E-state index contributed by atoms with van der Waals surface area (Å²) in [6, 6.07) is 8.04. The van der Waals surface area contributed by atoms with Crippen LogP contribution in [0, 0.1) is 0 Å². The fourth-order valence-electron chi connectivity index (χ4n) is 2.03. The van der Waals surface area contributed by atoms with Gasteiger partial charge in [0.25, 0.3) is 0 Å². The summed E-state index contributed by atoms with van der Waals surface area (Å²) in [4.78, 5) is 4.52. The highest BCUT2D eigenvalue weighted by Gasteiger charge is 2.09. The van der Waals surface area contributed by atoms with Crippen LogP contribution in [0.15, 0.2) is 36.7 Å². The summed E-state index contributed by atoms with van der Waals surface area (Å²) in [5, 5.41) is 7.74. The highest BCUT2D eigenvalue weighted by Crippen LogP contribution is 2.17. The van der Waals surface area contributed by atoms with Crippen LogP contribution < -0.4 is 0 Å². The Bertz CT molecular complexity index is 644. The van der Waals surface area contributed by atoms with E-state index in [4.69, 9.17) is 11.6 Å². The summed E-state index contributed by atoms with van der Waals surface area (Å²) in [5.41, 5.74) is 2.08. The minimum atomic E-state index is 0.409. The largest absolute Gasteiger partial charge is 0.325 e. The van der Waals surface area contributed by atoms with Gasteiger partial charge in [0, 0.05) is 12.7 Å². The van der Waals surface area contributed by atoms with Gasteiger partial charge < -0.3 is 4.57 Å². The SMILES string of the molecule is ClCc1nc2ccccc2n1CCn1ccnn1. The first-order chi connectivity index (χ1) is 8.88. The molecule has 5 nitrogen and oxygen atoms in total. The van der Waals surface area contributed by atoms with Crippen LogP contribution in [0.3, 0.4) is 0 Å². The first-order valence-electron chi connectivity index (χ1n) is 5.72. The van der Waals surface area contributed by atoms with Gasteiger partial charge in [0.15, 0.2) is 0 Å². The number of alkyl halides is 1. The van der Waals surface area contributed by atoms with E-state index in [1.54, 1.807) is 10.9 Å². The Labute approximate surface area is 109 Å². The van der Waals surface area contributed by atoms with Gasteiger partial charge >= 0.3 is 0 Å². The zero-order chi connectivity index (χ0) is 12.4. The van der Waals surface area contributed by atoms with Crippen LogP contribution >= 0.6 is 11.6 Å². The molecule has 0 saturated carbocycles. The number of aromatic nitrogens is 5. The second-order valence-corrected chi connectivity index (χ2v) is 4.24. The van der Waals surface area contributed by atoms with Crippen LogP contribution in [0.1, 0.15) is 5.82 Å². The summed E-state index contributed by atoms with van der Waals surface area (Å²) in [6.07, 6.45) is 3.52. The van der Waals surface area contributed by atoms with Crippen LogP contribution in [0.25, 0.3) is 11.0 Å². The maximum absolute atomic E-state index is 5.95. The van der Waals surface area contributed by atoms with Gasteiger partial charge in [0.05, 0.1) is 29.7 Å². The van der Waals surface area contributed by atoms with Crippen LogP contribution in [0.5, 0.6) is 0 Å². The van der Waals surface area contributed by atoms with Gasteiger partial charge in [-0.3, -0.25) is 4.68 Å². The monoisotopic (exact) mass is 261 g/mol. The van der Waals surface area contributed by atoms with Gasteiger partial charge in [-0.2, -0.15) is 0 Å². The average molecular weight is 262 g/mol. The quantitative estimate of drug-likeness (QED) is 0.676. The maximum atomic E-state index is 5.95. The number of fused-ring (bicyclic) bond motifs is 1. The average Bonchev–Trinajstić information content (AvgIpc) is 3.03. The number of para-hydroxylation sites is 2. The van der Waals surface area contributed by atoms with Crippen molar-refractivity contribution in [3.63, 3.8) is 0 Å². The van der Waals surface area contributed by atoms with E-state index in [-0.39, 0.29) is 0 Å². The Morgan fingerprint density at radius 3 is 2.83 bits per heavy atom. The Morgan fingerprint density at radius 2 is 2.06 bits per heavy atom. The molecule has 0 aliphatic heterocycles. The third-order valence-corrected chi connectivity index (χ3v) is 3.12. The molecule has 0 atom stereocenters. The molecule has 0 spiro atoms. The molecule has 0 N–H and O–H groups in total. The van der Waals surface area contributed by atoms with Gasteiger partial charge in [-0.25, -0.2) is 4.98 Å². The molecule has 3 aromatic rings. The van der Waals surface area contributed by atoms with Crippen molar-refractivity contribution in [2.24, 2.45) is 0 Å². The van der Waals surface area contributed by atoms with Gasteiger partial charge in [-0.1, -0.05) is 17.3 Å². The number of nitrogens with zero attached hydrogens (tertiary/aromatic N) is 5. The van der Waals surface area contributed by atoms with Gasteiger partial charge in [0.2, 0.25) is 0 Å². The first kappa shape index (κ1) is 11.2. The van der Waals surface area contributed by atoms with E-state index in [2.05, 4.69) is 25.9 Å². The molecule has 0 saturated heterocycles. The van der Waals surface area contributed by atoms with Crippen molar-refractivity contribution in [1.29, 1.82) is 0 Å². The molecule has 0 radical (unpaired) electrons. The lowest BCUT2D eigenvalue weighted by Gasteiger charge is -2.07. The van der Waals surface area contributed by atoms with Crippen molar-refractivity contribution >= 4 is 22.6 Å². The third-order valence-electron chi connectivity index (χ3n) is 2.88. The molecule has 0 amide bonds. The zero-order valence-corrected chi connectivity index (χ0v) is 10.5. The van der Waals surface area contributed by atoms with Crippen molar-refractivity contribution < 1.29 is 0 Å². The third kappa shape index (κ3) is 1.97. The molecule has 18 heavy (non-hydrogen) atoms. The van der Waals surface area contributed by atoms with Crippen molar-refractivity contribution in [2.75, 3.05) is 0 Å². The van der Waals surface area contributed by atoms with Crippen molar-refractivity contribution in [3.8, 4) is 0 Å². The lowest BCUT2D eigenvalue weighted by Crippen LogP contribution is -2.10. The van der Waals surface area contributed by atoms with Gasteiger partial charge in [-0.05, 0) is 12.1 Å². The molecule has 0 aliphatic rings. The number of aryl methyl sites for hydroxylation is 2. The number of rotatable bonds is 4. The predicted molar refractivity (Wildman–Crippen MR) is 69.3 cm³/mol. The number of hydrogen-bond donors (Lipinski definition) is 0. The molecule has 92 valence electrons. The standard InChI is InChI=1S/C12H12ClN5/c13-9-12-15-10-3-1-2-4-11(10)18(12)8-7-17-6-5-14-16-17/h1-6H,7-9H2. The maximum Gasteiger partial charge on any atom is 0.124 e. The van der Waals surface area contributed by atoms with Gasteiger partial charge in [-0.15, -0.1) is 16.7 Å². The smallest absolute Gasteiger partial charge is 0.124 e. The summed E-state index contributed by atoms with van der Waals surface area (Å²) in [7, 11) is 0. The molecule has 6 heteroatoms. The summed E-state index contributed by atoms with van der Waals surface area (Å²) >= 11 is 5.95. The molecular formula is C12H12ClN5. The molecule has 1 aromatic carbocycles. The topological polar surface area (TPSA) is 48.5 Å². The zero-order valence-electron chi connectivity index (χ0n) is 9.70. The van der Waals surface area contributed by atoms with E-state index in [1.165, 1.54) is 0 Å². The highest BCUT2D eigenvalue weighted by molar-refractivity contribution is 6.16. The van der Waals surface area contributed by atoms with E-state index in [0.29, 0.717) is 5.88 Å². The van der Waals surface area contributed by atoms with Crippen LogP contribution in [-0.4, -0.2) is 24.5 Å². The van der Waals surface area contributed by atoms with E-state index in [1.807, 2.05) is 24.4 Å². The Hall–Kier alpha value is -1.88. The number of imidazole rings is 1. The first-order valence-corrected chi connectivity index (χ1v) is 6.26. The normalized spacial score (nSPS) is 11.2.